The average Bonchev–Trinajstić information content (AvgIpc) is 3.15. The van der Waals surface area contributed by atoms with E-state index < -0.39 is 17.6 Å². The van der Waals surface area contributed by atoms with Crippen LogP contribution in [-0.4, -0.2) is 63.5 Å². The molecule has 2 aliphatic heterocycles. The van der Waals surface area contributed by atoms with E-state index in [-0.39, 0.29) is 29.8 Å². The van der Waals surface area contributed by atoms with Gasteiger partial charge >= 0.3 is 0 Å². The topological polar surface area (TPSA) is 121 Å². The normalized spacial score (nSPS) is 30.0. The molecule has 2 saturated heterocycles. The summed E-state index contributed by atoms with van der Waals surface area (Å²) < 4.78 is 20.0. The van der Waals surface area contributed by atoms with Crippen molar-refractivity contribution in [2.45, 2.75) is 44.2 Å². The van der Waals surface area contributed by atoms with Crippen molar-refractivity contribution in [1.29, 1.82) is 0 Å². The van der Waals surface area contributed by atoms with Crippen LogP contribution < -0.4 is 16.2 Å². The van der Waals surface area contributed by atoms with E-state index in [4.69, 9.17) is 19.9 Å². The molecule has 0 radical (unpaired) electrons. The van der Waals surface area contributed by atoms with Gasteiger partial charge < -0.3 is 24.8 Å². The van der Waals surface area contributed by atoms with Crippen molar-refractivity contribution in [3.63, 3.8) is 0 Å². The molecule has 3 N–H and O–H groups in total. The third-order valence-electron chi connectivity index (χ3n) is 4.51. The Kier molecular flexibility index (Phi) is 3.95. The Morgan fingerprint density at radius 1 is 1.31 bits per heavy atom. The molecule has 0 amide bonds. The minimum Gasteiger partial charge on any atom is -0.369 e. The lowest BCUT2D eigenvalue weighted by atomic mass is 10.1. The molecular weight excluding hydrogens is 360 g/mol. The largest absolute Gasteiger partial charge is 0.369 e. The Hall–Kier alpha value is -1.82. The molecule has 11 heteroatoms. The number of ether oxygens (including phenoxy) is 3. The molecule has 2 aromatic rings. The highest BCUT2D eigenvalue weighted by molar-refractivity contribution is 7.80. The van der Waals surface area contributed by atoms with Gasteiger partial charge in [0.1, 0.15) is 12.2 Å². The average molecular weight is 382 g/mol. The molecular formula is C15H22N6O4S. The summed E-state index contributed by atoms with van der Waals surface area (Å²) in [5.74, 6) is 0.257. The van der Waals surface area contributed by atoms with Crippen molar-refractivity contribution in [2.75, 3.05) is 30.5 Å². The summed E-state index contributed by atoms with van der Waals surface area (Å²) >= 11 is 4.38. The summed E-state index contributed by atoms with van der Waals surface area (Å²) in [7, 11) is 3.65. The highest BCUT2D eigenvalue weighted by atomic mass is 32.1. The number of imidazole rings is 1. The number of aromatic amines is 1. The van der Waals surface area contributed by atoms with Crippen LogP contribution in [0, 0.1) is 0 Å². The predicted octanol–water partition coefficient (Wildman–Crippen LogP) is 0.115. The third-order valence-corrected chi connectivity index (χ3v) is 4.87. The van der Waals surface area contributed by atoms with Gasteiger partial charge in [0.2, 0.25) is 11.9 Å². The molecule has 0 unspecified atom stereocenters. The second-order valence-corrected chi connectivity index (χ2v) is 7.48. The first-order chi connectivity index (χ1) is 12.2. The Labute approximate surface area is 155 Å². The molecule has 0 saturated carbocycles. The lowest BCUT2D eigenvalue weighted by Crippen LogP contribution is -2.30. The lowest BCUT2D eigenvalue weighted by molar-refractivity contribution is -0.193. The summed E-state index contributed by atoms with van der Waals surface area (Å²) in [5.41, 5.74) is 5.88. The molecule has 4 rings (SSSR count). The lowest BCUT2D eigenvalue weighted by Gasteiger charge is -2.26. The van der Waals surface area contributed by atoms with Crippen LogP contribution in [0.1, 0.15) is 20.1 Å². The van der Waals surface area contributed by atoms with Gasteiger partial charge in [-0.15, -0.1) is 0 Å². The fraction of sp³-hybridized carbons (Fsp3) is 0.667. The smallest absolute Gasteiger partial charge is 0.280 e. The fourth-order valence-electron chi connectivity index (χ4n) is 3.55. The Morgan fingerprint density at radius 3 is 2.65 bits per heavy atom. The number of H-pyrrole nitrogens is 1. The Morgan fingerprint density at radius 2 is 2.00 bits per heavy atom. The third kappa shape index (κ3) is 2.57. The number of hydrogen-bond acceptors (Lipinski definition) is 9. The number of rotatable bonds is 3. The maximum atomic E-state index is 12.3. The second-order valence-electron chi connectivity index (χ2n) is 7.11. The zero-order valence-electron chi connectivity index (χ0n) is 15.0. The van der Waals surface area contributed by atoms with Gasteiger partial charge in [0.15, 0.2) is 23.2 Å². The number of thiol groups is 1. The number of nitrogen functional groups attached to an aromatic ring is 1. The van der Waals surface area contributed by atoms with Crippen LogP contribution in [-0.2, 0) is 14.2 Å². The minimum absolute atomic E-state index is 0.0122. The van der Waals surface area contributed by atoms with E-state index in [0.29, 0.717) is 17.3 Å². The van der Waals surface area contributed by atoms with E-state index >= 15 is 0 Å². The molecule has 0 bridgehead atoms. The van der Waals surface area contributed by atoms with Crippen LogP contribution in [0.25, 0.3) is 11.2 Å². The summed E-state index contributed by atoms with van der Waals surface area (Å²) in [5, 5.41) is 0. The summed E-state index contributed by atoms with van der Waals surface area (Å²) in [4.78, 5) is 25.2. The Bertz CT molecular complexity index is 909. The molecule has 0 aliphatic carbocycles. The van der Waals surface area contributed by atoms with E-state index in [1.165, 1.54) is 0 Å². The van der Waals surface area contributed by atoms with E-state index in [1.54, 1.807) is 9.47 Å². The number of nitrogens with zero attached hydrogens (tertiary/aromatic N) is 4. The van der Waals surface area contributed by atoms with Gasteiger partial charge in [-0.2, -0.15) is 17.6 Å². The first kappa shape index (κ1) is 17.6. The van der Waals surface area contributed by atoms with Crippen molar-refractivity contribution < 1.29 is 14.2 Å². The van der Waals surface area contributed by atoms with E-state index in [2.05, 4.69) is 27.6 Å². The zero-order chi connectivity index (χ0) is 18.8. The van der Waals surface area contributed by atoms with E-state index in [0.717, 1.165) is 0 Å². The maximum Gasteiger partial charge on any atom is 0.280 e. The first-order valence-corrected chi connectivity index (χ1v) is 8.92. The summed E-state index contributed by atoms with van der Waals surface area (Å²) in [6.45, 7) is 3.72. The van der Waals surface area contributed by atoms with Crippen molar-refractivity contribution >= 4 is 35.7 Å². The first-order valence-electron chi connectivity index (χ1n) is 8.29. The van der Waals surface area contributed by atoms with Crippen LogP contribution in [0.3, 0.4) is 0 Å². The molecule has 0 spiro atoms. The number of nitrogens with two attached hydrogens (primary N) is 1. The highest BCUT2D eigenvalue weighted by Gasteiger charge is 2.56. The van der Waals surface area contributed by atoms with E-state index in [1.807, 2.05) is 27.9 Å². The molecule has 4 atom stereocenters. The fourth-order valence-corrected chi connectivity index (χ4v) is 3.85. The molecule has 10 nitrogen and oxygen atoms in total. The van der Waals surface area contributed by atoms with Gasteiger partial charge in [-0.25, -0.2) is 4.98 Å². The van der Waals surface area contributed by atoms with Crippen LogP contribution in [0.5, 0.6) is 0 Å². The second kappa shape index (κ2) is 5.84. The molecule has 2 fully saturated rings. The van der Waals surface area contributed by atoms with Gasteiger partial charge in [0, 0.05) is 19.8 Å². The molecule has 4 heterocycles. The summed E-state index contributed by atoms with van der Waals surface area (Å²) in [6, 6.07) is 0. The number of aromatic nitrogens is 4. The molecule has 2 aliphatic rings. The number of anilines is 2. The van der Waals surface area contributed by atoms with Gasteiger partial charge in [-0.3, -0.25) is 14.3 Å². The zero-order valence-corrected chi connectivity index (χ0v) is 15.9. The number of fused-ring (bicyclic) bond motifs is 2. The monoisotopic (exact) mass is 382 g/mol. The SMILES string of the molecule is CN(C)c1nc2c(=O)[nH]c(N)nc2n1[C@@H]1O[C@H](CS)[C@H]2OC(C)(C)O[C@H]21. The van der Waals surface area contributed by atoms with Gasteiger partial charge in [-0.05, 0) is 13.8 Å². The van der Waals surface area contributed by atoms with Crippen LogP contribution in [0.2, 0.25) is 0 Å². The maximum absolute atomic E-state index is 12.3. The summed E-state index contributed by atoms with van der Waals surface area (Å²) in [6.07, 6.45) is -1.50. The van der Waals surface area contributed by atoms with Gasteiger partial charge in [0.25, 0.3) is 5.56 Å². The van der Waals surface area contributed by atoms with Crippen molar-refractivity contribution in [3.8, 4) is 0 Å². The highest BCUT2D eigenvalue weighted by Crippen LogP contribution is 2.45. The van der Waals surface area contributed by atoms with Crippen molar-refractivity contribution in [3.05, 3.63) is 10.4 Å². The van der Waals surface area contributed by atoms with Gasteiger partial charge in [0.05, 0.1) is 6.10 Å². The minimum atomic E-state index is -0.739. The molecule has 2 aromatic heterocycles. The quantitative estimate of drug-likeness (QED) is 0.640. The van der Waals surface area contributed by atoms with Gasteiger partial charge in [-0.1, -0.05) is 0 Å². The van der Waals surface area contributed by atoms with Crippen LogP contribution in [0.4, 0.5) is 11.9 Å². The Balaban J connectivity index is 1.91. The van der Waals surface area contributed by atoms with Crippen molar-refractivity contribution in [1.82, 2.24) is 19.5 Å². The van der Waals surface area contributed by atoms with E-state index in [9.17, 15) is 4.79 Å². The number of nitrogens with one attached hydrogen (secondary N) is 1. The predicted molar refractivity (Wildman–Crippen MR) is 98.5 cm³/mol. The van der Waals surface area contributed by atoms with Crippen molar-refractivity contribution in [2.24, 2.45) is 0 Å². The van der Waals surface area contributed by atoms with Crippen LogP contribution >= 0.6 is 12.6 Å². The molecule has 142 valence electrons. The van der Waals surface area contributed by atoms with Crippen LogP contribution in [0.15, 0.2) is 4.79 Å². The standard InChI is InChI=1S/C15H22N6O4S/c1-15(2)24-8-6(5-26)23-12(9(8)25-15)21-10-7(17-14(21)20(3)4)11(22)19-13(16)18-10/h6,8-9,12,26H,5H2,1-4H3,(H3,16,18,19,22)/t6-,8-,9-,12-/m1/s1. The number of hydrogen-bond donors (Lipinski definition) is 3. The molecule has 0 aromatic carbocycles. The molecule has 26 heavy (non-hydrogen) atoms.